The summed E-state index contributed by atoms with van der Waals surface area (Å²) in [5.74, 6) is 0.990. The Morgan fingerprint density at radius 3 is 2.49 bits per heavy atom. The van der Waals surface area contributed by atoms with Gasteiger partial charge in [-0.2, -0.15) is 13.2 Å². The van der Waals surface area contributed by atoms with Gasteiger partial charge in [-0.15, -0.1) is 0 Å². The Morgan fingerprint density at radius 1 is 1.05 bits per heavy atom. The maximum atomic E-state index is 13.9. The molecule has 0 spiro atoms. The average molecular weight is 506 g/mol. The minimum Gasteiger partial charge on any atom is -0.382 e. The molecule has 0 bridgehead atoms. The van der Waals surface area contributed by atoms with E-state index in [9.17, 15) is 18.0 Å². The van der Waals surface area contributed by atoms with Gasteiger partial charge in [0.2, 0.25) is 0 Å². The molecule has 1 aromatic carbocycles. The van der Waals surface area contributed by atoms with Crippen LogP contribution in [0.3, 0.4) is 0 Å². The number of hydrogen-bond donors (Lipinski definition) is 1. The first-order valence-corrected chi connectivity index (χ1v) is 11.3. The molecule has 12 heteroatoms. The van der Waals surface area contributed by atoms with E-state index in [1.54, 1.807) is 49.8 Å². The molecule has 2 N–H and O–H groups in total. The van der Waals surface area contributed by atoms with E-state index in [0.29, 0.717) is 39.6 Å². The third kappa shape index (κ3) is 4.53. The molecule has 188 valence electrons. The smallest absolute Gasteiger partial charge is 0.382 e. The number of amides is 1. The van der Waals surface area contributed by atoms with E-state index in [0.717, 1.165) is 12.3 Å². The second kappa shape index (κ2) is 9.12. The summed E-state index contributed by atoms with van der Waals surface area (Å²) in [6, 6.07) is 8.26. The van der Waals surface area contributed by atoms with Gasteiger partial charge in [0.05, 0.1) is 41.1 Å². The number of carbonyl (C=O) groups is 1. The lowest BCUT2D eigenvalue weighted by Gasteiger charge is -2.28. The minimum atomic E-state index is -4.51. The Morgan fingerprint density at radius 2 is 1.81 bits per heavy atom. The van der Waals surface area contributed by atoms with Gasteiger partial charge in [0.15, 0.2) is 0 Å². The number of rotatable bonds is 5. The number of anilines is 1. The number of halogens is 3. The number of pyridine rings is 1. The van der Waals surface area contributed by atoms with E-state index >= 15 is 0 Å². The molecule has 0 aliphatic carbocycles. The molecular weight excluding hydrogens is 485 g/mol. The van der Waals surface area contributed by atoms with Crippen LogP contribution in [0.1, 0.15) is 46.2 Å². The molecule has 0 aliphatic rings. The Bertz CT molecular complexity index is 1600. The molecule has 0 radical (unpaired) electrons. The molecule has 0 aliphatic heterocycles. The number of fused-ring (bicyclic) bond motifs is 3. The topological polar surface area (TPSA) is 115 Å². The number of nitrogens with two attached hydrogens (primary N) is 1. The Balaban J connectivity index is 1.57. The monoisotopic (exact) mass is 506 g/mol. The predicted octanol–water partition coefficient (Wildman–Crippen LogP) is 4.38. The highest BCUT2D eigenvalue weighted by Crippen LogP contribution is 2.29. The van der Waals surface area contributed by atoms with E-state index in [-0.39, 0.29) is 18.1 Å². The van der Waals surface area contributed by atoms with Crippen molar-refractivity contribution in [1.29, 1.82) is 0 Å². The van der Waals surface area contributed by atoms with Crippen LogP contribution in [0.2, 0.25) is 0 Å². The van der Waals surface area contributed by atoms with Gasteiger partial charge >= 0.3 is 6.18 Å². The van der Waals surface area contributed by atoms with Crippen LogP contribution in [-0.4, -0.2) is 40.1 Å². The molecule has 9 nitrogen and oxygen atoms in total. The fourth-order valence-electron chi connectivity index (χ4n) is 4.12. The lowest BCUT2D eigenvalue weighted by atomic mass is 10.1. The third-order valence-electron chi connectivity index (χ3n) is 6.08. The lowest BCUT2D eigenvalue weighted by Crippen LogP contribution is -2.34. The van der Waals surface area contributed by atoms with Crippen molar-refractivity contribution < 1.29 is 18.0 Å². The summed E-state index contributed by atoms with van der Waals surface area (Å²) in [7, 11) is 0. The SMILES string of the molecule is Cc1ncc2c(N)nc3ccc(C(=O)N(Cc4ccc(C(F)(F)F)cn4)[C@@H](C)c4ncccn4)cc3n12. The van der Waals surface area contributed by atoms with Crippen molar-refractivity contribution >= 4 is 28.3 Å². The van der Waals surface area contributed by atoms with Gasteiger partial charge in [0.25, 0.3) is 5.91 Å². The van der Waals surface area contributed by atoms with Crippen molar-refractivity contribution in [2.24, 2.45) is 0 Å². The van der Waals surface area contributed by atoms with Gasteiger partial charge in [-0.25, -0.2) is 19.9 Å². The summed E-state index contributed by atoms with van der Waals surface area (Å²) >= 11 is 0. The maximum absolute atomic E-state index is 13.9. The first-order chi connectivity index (χ1) is 17.6. The molecule has 1 atom stereocenters. The number of aromatic nitrogens is 6. The molecule has 0 unspecified atom stereocenters. The fourth-order valence-corrected chi connectivity index (χ4v) is 4.12. The number of nitrogens with zero attached hydrogens (tertiary/aromatic N) is 7. The third-order valence-corrected chi connectivity index (χ3v) is 6.08. The van der Waals surface area contributed by atoms with Gasteiger partial charge in [0, 0.05) is 24.2 Å². The van der Waals surface area contributed by atoms with Gasteiger partial charge in [0.1, 0.15) is 23.0 Å². The molecular formula is C25H21F3N8O. The number of imidazole rings is 1. The van der Waals surface area contributed by atoms with Crippen molar-refractivity contribution in [2.45, 2.75) is 32.6 Å². The highest BCUT2D eigenvalue weighted by atomic mass is 19.4. The molecule has 4 aromatic heterocycles. The van der Waals surface area contributed by atoms with Crippen LogP contribution in [0.25, 0.3) is 16.6 Å². The average Bonchev–Trinajstić information content (AvgIpc) is 3.29. The zero-order chi connectivity index (χ0) is 26.3. The molecule has 0 fully saturated rings. The van der Waals surface area contributed by atoms with Gasteiger partial charge in [-0.3, -0.25) is 14.2 Å². The summed E-state index contributed by atoms with van der Waals surface area (Å²) in [6.45, 7) is 3.50. The molecule has 0 saturated heterocycles. The molecule has 4 heterocycles. The Labute approximate surface area is 208 Å². The number of nitrogen functional groups attached to an aromatic ring is 1. The van der Waals surface area contributed by atoms with Crippen LogP contribution in [0.15, 0.2) is 61.2 Å². The highest BCUT2D eigenvalue weighted by Gasteiger charge is 2.31. The minimum absolute atomic E-state index is 0.0616. The Kier molecular flexibility index (Phi) is 5.94. The standard InChI is InChI=1S/C25H21F3N8O/c1-14(23-30-8-3-9-31-23)35(13-18-6-5-17(11-33-18)25(26,27)28)24(37)16-4-7-19-20(10-16)36-15(2)32-12-21(36)22(29)34-19/h3-12,14H,13H2,1-2H3,(H2,29,34)/t14-/m0/s1. The summed E-state index contributed by atoms with van der Waals surface area (Å²) in [5, 5.41) is 0. The first-order valence-electron chi connectivity index (χ1n) is 11.3. The van der Waals surface area contributed by atoms with Crippen LogP contribution < -0.4 is 5.73 Å². The zero-order valence-corrected chi connectivity index (χ0v) is 19.8. The number of alkyl halides is 3. The van der Waals surface area contributed by atoms with Gasteiger partial charge < -0.3 is 10.6 Å². The van der Waals surface area contributed by atoms with Crippen LogP contribution >= 0.6 is 0 Å². The van der Waals surface area contributed by atoms with E-state index in [1.807, 2.05) is 11.3 Å². The summed E-state index contributed by atoms with van der Waals surface area (Å²) in [5.41, 5.74) is 7.66. The van der Waals surface area contributed by atoms with Crippen molar-refractivity contribution in [3.05, 3.63) is 89.7 Å². The fraction of sp³-hybridized carbons (Fsp3) is 0.200. The van der Waals surface area contributed by atoms with Crippen LogP contribution in [0.4, 0.5) is 19.0 Å². The molecule has 0 saturated carbocycles. The summed E-state index contributed by atoms with van der Waals surface area (Å²) in [6.07, 6.45) is 0.978. The summed E-state index contributed by atoms with van der Waals surface area (Å²) in [4.78, 5) is 36.5. The molecule has 1 amide bonds. The van der Waals surface area contributed by atoms with Gasteiger partial charge in [-0.05, 0) is 50.2 Å². The van der Waals surface area contributed by atoms with Crippen molar-refractivity contribution in [1.82, 2.24) is 34.2 Å². The second-order valence-corrected chi connectivity index (χ2v) is 8.48. The number of carbonyl (C=O) groups excluding carboxylic acids is 1. The highest BCUT2D eigenvalue weighted by molar-refractivity contribution is 5.98. The van der Waals surface area contributed by atoms with E-state index < -0.39 is 17.8 Å². The molecule has 5 aromatic rings. The molecule has 5 rings (SSSR count). The van der Waals surface area contributed by atoms with E-state index in [2.05, 4.69) is 24.9 Å². The lowest BCUT2D eigenvalue weighted by molar-refractivity contribution is -0.137. The summed E-state index contributed by atoms with van der Waals surface area (Å²) < 4.78 is 40.8. The maximum Gasteiger partial charge on any atom is 0.417 e. The number of benzene rings is 1. The van der Waals surface area contributed by atoms with Gasteiger partial charge in [-0.1, -0.05) is 0 Å². The van der Waals surface area contributed by atoms with Crippen molar-refractivity contribution in [3.8, 4) is 0 Å². The number of aryl methyl sites for hydroxylation is 1. The van der Waals surface area contributed by atoms with E-state index in [4.69, 9.17) is 5.73 Å². The quantitative estimate of drug-likeness (QED) is 0.376. The zero-order valence-electron chi connectivity index (χ0n) is 19.8. The first kappa shape index (κ1) is 24.1. The van der Waals surface area contributed by atoms with Crippen molar-refractivity contribution in [2.75, 3.05) is 5.73 Å². The normalized spacial score (nSPS) is 12.7. The second-order valence-electron chi connectivity index (χ2n) is 8.48. The largest absolute Gasteiger partial charge is 0.417 e. The van der Waals surface area contributed by atoms with Crippen LogP contribution in [0.5, 0.6) is 0 Å². The van der Waals surface area contributed by atoms with Crippen LogP contribution in [-0.2, 0) is 12.7 Å². The van der Waals surface area contributed by atoms with E-state index in [1.165, 1.54) is 11.0 Å². The molecule has 37 heavy (non-hydrogen) atoms. The van der Waals surface area contributed by atoms with Crippen LogP contribution in [0, 0.1) is 6.92 Å². The Hall–Kier alpha value is -4.61. The number of hydrogen-bond acceptors (Lipinski definition) is 7. The van der Waals surface area contributed by atoms with Crippen molar-refractivity contribution in [3.63, 3.8) is 0 Å². The predicted molar refractivity (Wildman–Crippen MR) is 129 cm³/mol.